The number of nitrogens with one attached hydrogen (secondary N) is 1. The molecule has 0 amide bonds. The monoisotopic (exact) mass is 257 g/mol. The molecule has 1 aliphatic carbocycles. The van der Waals surface area contributed by atoms with Crippen molar-refractivity contribution in [1.82, 2.24) is 5.32 Å². The molecule has 0 heterocycles. The van der Waals surface area contributed by atoms with E-state index in [1.807, 2.05) is 13.8 Å². The number of ether oxygens (including phenoxy) is 1. The summed E-state index contributed by atoms with van der Waals surface area (Å²) < 4.78 is 4.80. The normalized spacial score (nSPS) is 29.1. The number of methoxy groups -OCH3 is 1. The third-order valence-corrected chi connectivity index (χ3v) is 4.18. The van der Waals surface area contributed by atoms with Crippen molar-refractivity contribution in [2.24, 2.45) is 11.3 Å². The van der Waals surface area contributed by atoms with Crippen LogP contribution in [-0.4, -0.2) is 36.9 Å². The van der Waals surface area contributed by atoms with Crippen molar-refractivity contribution in [2.45, 2.75) is 52.0 Å². The first-order valence-corrected chi connectivity index (χ1v) is 6.79. The zero-order chi connectivity index (χ0) is 13.8. The van der Waals surface area contributed by atoms with Crippen LogP contribution >= 0.6 is 0 Å². The van der Waals surface area contributed by atoms with E-state index in [1.54, 1.807) is 0 Å². The number of aliphatic hydroxyl groups is 1. The van der Waals surface area contributed by atoms with Gasteiger partial charge < -0.3 is 15.2 Å². The van der Waals surface area contributed by atoms with Gasteiger partial charge in [-0.25, -0.2) is 0 Å². The third kappa shape index (κ3) is 3.69. The van der Waals surface area contributed by atoms with Crippen LogP contribution in [0.3, 0.4) is 0 Å². The highest BCUT2D eigenvalue weighted by molar-refractivity contribution is 5.76. The first kappa shape index (κ1) is 15.4. The zero-order valence-electron chi connectivity index (χ0n) is 12.1. The second-order valence-corrected chi connectivity index (χ2v) is 6.35. The fourth-order valence-corrected chi connectivity index (χ4v) is 2.46. The molecular formula is C14H27NO3. The smallest absolute Gasteiger partial charge is 0.312 e. The van der Waals surface area contributed by atoms with Crippen LogP contribution in [0.2, 0.25) is 0 Å². The van der Waals surface area contributed by atoms with Gasteiger partial charge in [-0.15, -0.1) is 0 Å². The summed E-state index contributed by atoms with van der Waals surface area (Å²) in [6.07, 6.45) is 4.21. The van der Waals surface area contributed by atoms with Crippen molar-refractivity contribution in [3.05, 3.63) is 0 Å². The second kappa shape index (κ2) is 6.02. The van der Waals surface area contributed by atoms with E-state index in [0.29, 0.717) is 6.54 Å². The summed E-state index contributed by atoms with van der Waals surface area (Å²) in [5.74, 6) is 0.521. The Bertz CT molecular complexity index is 281. The molecule has 2 N–H and O–H groups in total. The van der Waals surface area contributed by atoms with Gasteiger partial charge in [0.15, 0.2) is 0 Å². The molecule has 0 bridgehead atoms. The predicted molar refractivity (Wildman–Crippen MR) is 71.2 cm³/mol. The van der Waals surface area contributed by atoms with E-state index in [1.165, 1.54) is 7.11 Å². The Labute approximate surface area is 110 Å². The molecular weight excluding hydrogens is 230 g/mol. The molecule has 1 fully saturated rings. The van der Waals surface area contributed by atoms with Gasteiger partial charge in [-0.3, -0.25) is 4.79 Å². The zero-order valence-corrected chi connectivity index (χ0v) is 12.1. The van der Waals surface area contributed by atoms with Gasteiger partial charge in [-0.05, 0) is 45.4 Å². The fourth-order valence-electron chi connectivity index (χ4n) is 2.46. The predicted octanol–water partition coefficient (Wildman–Crippen LogP) is 1.72. The second-order valence-electron chi connectivity index (χ2n) is 6.35. The van der Waals surface area contributed by atoms with Crippen LogP contribution in [0.4, 0.5) is 0 Å². The molecule has 4 nitrogen and oxygen atoms in total. The van der Waals surface area contributed by atoms with E-state index in [4.69, 9.17) is 4.74 Å². The Morgan fingerprint density at radius 3 is 2.44 bits per heavy atom. The number of hydrogen-bond donors (Lipinski definition) is 2. The molecule has 0 atom stereocenters. The van der Waals surface area contributed by atoms with Gasteiger partial charge in [-0.1, -0.05) is 6.92 Å². The van der Waals surface area contributed by atoms with Gasteiger partial charge >= 0.3 is 5.97 Å². The lowest BCUT2D eigenvalue weighted by Crippen LogP contribution is -2.54. The molecule has 4 heteroatoms. The van der Waals surface area contributed by atoms with Gasteiger partial charge in [0.05, 0.1) is 19.1 Å². The standard InChI is InChI=1S/C14H27NO3/c1-11-5-7-14(10-16,8-6-11)15-9-13(2,3)12(17)18-4/h11,15-16H,5-10H2,1-4H3. The van der Waals surface area contributed by atoms with Gasteiger partial charge in [-0.2, -0.15) is 0 Å². The molecule has 0 aromatic heterocycles. The average molecular weight is 257 g/mol. The minimum atomic E-state index is -0.556. The Kier molecular flexibility index (Phi) is 5.17. The molecule has 0 spiro atoms. The summed E-state index contributed by atoms with van der Waals surface area (Å²) in [6.45, 7) is 6.65. The number of hydrogen-bond acceptors (Lipinski definition) is 4. The largest absolute Gasteiger partial charge is 0.469 e. The highest BCUT2D eigenvalue weighted by Crippen LogP contribution is 2.32. The fraction of sp³-hybridized carbons (Fsp3) is 0.929. The lowest BCUT2D eigenvalue weighted by atomic mass is 9.77. The Hall–Kier alpha value is -0.610. The summed E-state index contributed by atoms with van der Waals surface area (Å²) in [6, 6.07) is 0. The average Bonchev–Trinajstić information content (AvgIpc) is 2.38. The summed E-state index contributed by atoms with van der Waals surface area (Å²) in [7, 11) is 1.41. The number of esters is 1. The van der Waals surface area contributed by atoms with Crippen LogP contribution in [0.25, 0.3) is 0 Å². The Morgan fingerprint density at radius 2 is 2.00 bits per heavy atom. The first-order chi connectivity index (χ1) is 8.35. The molecule has 1 aliphatic rings. The maximum atomic E-state index is 11.6. The summed E-state index contributed by atoms with van der Waals surface area (Å²) in [5.41, 5.74) is -0.766. The maximum absolute atomic E-state index is 11.6. The van der Waals surface area contributed by atoms with Crippen LogP contribution in [0.5, 0.6) is 0 Å². The van der Waals surface area contributed by atoms with Crippen LogP contribution in [0.1, 0.15) is 46.5 Å². The van der Waals surface area contributed by atoms with E-state index in [0.717, 1.165) is 31.6 Å². The quantitative estimate of drug-likeness (QED) is 0.736. The number of carbonyl (C=O) groups excluding carboxylic acids is 1. The Morgan fingerprint density at radius 1 is 1.44 bits per heavy atom. The minimum Gasteiger partial charge on any atom is -0.469 e. The van der Waals surface area contributed by atoms with Crippen molar-refractivity contribution in [2.75, 3.05) is 20.3 Å². The number of carbonyl (C=O) groups is 1. The topological polar surface area (TPSA) is 58.6 Å². The highest BCUT2D eigenvalue weighted by atomic mass is 16.5. The van der Waals surface area contributed by atoms with E-state index in [-0.39, 0.29) is 18.1 Å². The van der Waals surface area contributed by atoms with Crippen LogP contribution in [0, 0.1) is 11.3 Å². The molecule has 0 saturated heterocycles. The molecule has 1 saturated carbocycles. The number of aliphatic hydroxyl groups excluding tert-OH is 1. The molecule has 0 aromatic carbocycles. The van der Waals surface area contributed by atoms with E-state index in [2.05, 4.69) is 12.2 Å². The van der Waals surface area contributed by atoms with Crippen molar-refractivity contribution in [3.63, 3.8) is 0 Å². The van der Waals surface area contributed by atoms with Crippen molar-refractivity contribution < 1.29 is 14.6 Å². The minimum absolute atomic E-state index is 0.136. The van der Waals surface area contributed by atoms with Crippen LogP contribution in [0.15, 0.2) is 0 Å². The maximum Gasteiger partial charge on any atom is 0.312 e. The molecule has 0 aromatic rings. The first-order valence-electron chi connectivity index (χ1n) is 6.79. The molecule has 0 radical (unpaired) electrons. The lowest BCUT2D eigenvalue weighted by molar-refractivity contribution is -0.150. The van der Waals surface area contributed by atoms with Crippen molar-refractivity contribution >= 4 is 5.97 Å². The molecule has 1 rings (SSSR count). The molecule has 106 valence electrons. The lowest BCUT2D eigenvalue weighted by Gasteiger charge is -2.40. The van der Waals surface area contributed by atoms with E-state index in [9.17, 15) is 9.90 Å². The number of rotatable bonds is 5. The van der Waals surface area contributed by atoms with E-state index >= 15 is 0 Å². The van der Waals surface area contributed by atoms with Gasteiger partial charge in [0.25, 0.3) is 0 Å². The summed E-state index contributed by atoms with van der Waals surface area (Å²) >= 11 is 0. The third-order valence-electron chi connectivity index (χ3n) is 4.18. The van der Waals surface area contributed by atoms with Gasteiger partial charge in [0.2, 0.25) is 0 Å². The summed E-state index contributed by atoms with van der Waals surface area (Å²) in [5, 5.41) is 13.1. The van der Waals surface area contributed by atoms with Crippen LogP contribution in [-0.2, 0) is 9.53 Å². The molecule has 0 unspecified atom stereocenters. The van der Waals surface area contributed by atoms with Crippen molar-refractivity contribution in [3.8, 4) is 0 Å². The SMILES string of the molecule is COC(=O)C(C)(C)CNC1(CO)CCC(C)CC1. The van der Waals surface area contributed by atoms with Gasteiger partial charge in [0, 0.05) is 12.1 Å². The molecule has 18 heavy (non-hydrogen) atoms. The van der Waals surface area contributed by atoms with E-state index < -0.39 is 5.41 Å². The summed E-state index contributed by atoms with van der Waals surface area (Å²) in [4.78, 5) is 11.6. The highest BCUT2D eigenvalue weighted by Gasteiger charge is 2.37. The molecule has 0 aliphatic heterocycles. The Balaban J connectivity index is 2.57. The van der Waals surface area contributed by atoms with Gasteiger partial charge in [0.1, 0.15) is 0 Å². The van der Waals surface area contributed by atoms with Crippen molar-refractivity contribution in [1.29, 1.82) is 0 Å². The van der Waals surface area contributed by atoms with Crippen LogP contribution < -0.4 is 5.32 Å².